The number of imidazole rings is 1. The largest absolute Gasteiger partial charge is 0.418 e. The average Bonchev–Trinajstić information content (AvgIpc) is 3.09. The van der Waals surface area contributed by atoms with Crippen molar-refractivity contribution in [1.29, 1.82) is 0 Å². The summed E-state index contributed by atoms with van der Waals surface area (Å²) < 4.78 is 40.8. The lowest BCUT2D eigenvalue weighted by Crippen LogP contribution is -2.18. The van der Waals surface area contributed by atoms with Gasteiger partial charge in [0.2, 0.25) is 5.91 Å². The number of halogens is 4. The number of aromatic nitrogens is 2. The molecule has 0 aliphatic rings. The Bertz CT molecular complexity index is 942. The highest BCUT2D eigenvalue weighted by atomic mass is 35.5. The predicted octanol–water partition coefficient (Wildman–Crippen LogP) is 5.28. The number of benzene rings is 2. The smallest absolute Gasteiger partial charge is 0.325 e. The third kappa shape index (κ3) is 4.84. The Morgan fingerprint density at radius 1 is 1.15 bits per heavy atom. The van der Waals surface area contributed by atoms with E-state index in [1.54, 1.807) is 41.2 Å². The number of rotatable bonds is 5. The lowest BCUT2D eigenvalue weighted by molar-refractivity contribution is -0.137. The SMILES string of the molecule is O=C(CSc1nccn1-c1ccc(Cl)cc1)Nc1ccccc1C(F)(F)F. The van der Waals surface area contributed by atoms with E-state index in [2.05, 4.69) is 10.3 Å². The number of carbonyl (C=O) groups is 1. The highest BCUT2D eigenvalue weighted by Crippen LogP contribution is 2.34. The van der Waals surface area contributed by atoms with Crippen molar-refractivity contribution in [1.82, 2.24) is 9.55 Å². The van der Waals surface area contributed by atoms with E-state index in [0.29, 0.717) is 10.2 Å². The van der Waals surface area contributed by atoms with Crippen LogP contribution in [0.25, 0.3) is 5.69 Å². The second-order valence-corrected chi connectivity index (χ2v) is 6.82. The quantitative estimate of drug-likeness (QED) is 0.581. The number of anilines is 1. The number of nitrogens with one attached hydrogen (secondary N) is 1. The summed E-state index contributed by atoms with van der Waals surface area (Å²) in [5.41, 5.74) is -0.343. The summed E-state index contributed by atoms with van der Waals surface area (Å²) >= 11 is 6.99. The predicted molar refractivity (Wildman–Crippen MR) is 99.4 cm³/mol. The average molecular weight is 412 g/mol. The van der Waals surface area contributed by atoms with Gasteiger partial charge in [0, 0.05) is 23.1 Å². The molecule has 4 nitrogen and oxygen atoms in total. The van der Waals surface area contributed by atoms with Crippen LogP contribution in [0.5, 0.6) is 0 Å². The van der Waals surface area contributed by atoms with Crippen LogP contribution in [0.4, 0.5) is 18.9 Å². The van der Waals surface area contributed by atoms with Crippen molar-refractivity contribution in [2.24, 2.45) is 0 Å². The Balaban J connectivity index is 1.68. The number of para-hydroxylation sites is 1. The summed E-state index contributed by atoms with van der Waals surface area (Å²) in [6, 6.07) is 11.9. The van der Waals surface area contributed by atoms with E-state index < -0.39 is 17.6 Å². The Morgan fingerprint density at radius 3 is 2.56 bits per heavy atom. The summed E-state index contributed by atoms with van der Waals surface area (Å²) in [7, 11) is 0. The molecular formula is C18H13ClF3N3OS. The minimum absolute atomic E-state index is 0.0865. The number of nitrogens with zero attached hydrogens (tertiary/aromatic N) is 2. The second kappa shape index (κ2) is 8.06. The Hall–Kier alpha value is -2.45. The van der Waals surface area contributed by atoms with E-state index >= 15 is 0 Å². The van der Waals surface area contributed by atoms with Crippen molar-refractivity contribution in [3.05, 3.63) is 71.5 Å². The molecule has 9 heteroatoms. The van der Waals surface area contributed by atoms with Crippen molar-refractivity contribution in [2.45, 2.75) is 11.3 Å². The molecule has 140 valence electrons. The number of hydrogen-bond donors (Lipinski definition) is 1. The molecule has 0 atom stereocenters. The fraction of sp³-hybridized carbons (Fsp3) is 0.111. The second-order valence-electron chi connectivity index (χ2n) is 5.44. The highest BCUT2D eigenvalue weighted by molar-refractivity contribution is 7.99. The highest BCUT2D eigenvalue weighted by Gasteiger charge is 2.33. The van der Waals surface area contributed by atoms with Gasteiger partial charge >= 0.3 is 6.18 Å². The first-order valence-electron chi connectivity index (χ1n) is 7.73. The number of thioether (sulfide) groups is 1. The van der Waals surface area contributed by atoms with Gasteiger partial charge in [-0.15, -0.1) is 0 Å². The number of carbonyl (C=O) groups excluding carboxylic acids is 1. The number of amides is 1. The summed E-state index contributed by atoms with van der Waals surface area (Å²) in [5, 5.41) is 3.44. The van der Waals surface area contributed by atoms with Crippen LogP contribution in [0.1, 0.15) is 5.56 Å². The molecule has 1 N–H and O–H groups in total. The Labute approximate surface area is 162 Å². The maximum Gasteiger partial charge on any atom is 0.418 e. The van der Waals surface area contributed by atoms with Gasteiger partial charge in [0.05, 0.1) is 17.0 Å². The molecular weight excluding hydrogens is 399 g/mol. The molecule has 3 rings (SSSR count). The summed E-state index contributed by atoms with van der Waals surface area (Å²) in [4.78, 5) is 16.3. The van der Waals surface area contributed by atoms with Gasteiger partial charge in [0.1, 0.15) is 0 Å². The van der Waals surface area contributed by atoms with Gasteiger partial charge in [-0.2, -0.15) is 13.2 Å². The van der Waals surface area contributed by atoms with Crippen molar-refractivity contribution >= 4 is 35.0 Å². The van der Waals surface area contributed by atoms with Gasteiger partial charge in [0.25, 0.3) is 0 Å². The van der Waals surface area contributed by atoms with Crippen LogP contribution in [0.15, 0.2) is 66.1 Å². The molecule has 1 amide bonds. The molecule has 0 saturated heterocycles. The zero-order valence-electron chi connectivity index (χ0n) is 13.7. The molecule has 3 aromatic rings. The Kier molecular flexibility index (Phi) is 5.76. The molecule has 0 spiro atoms. The number of alkyl halides is 3. The van der Waals surface area contributed by atoms with Gasteiger partial charge in [-0.25, -0.2) is 4.98 Å². The van der Waals surface area contributed by atoms with Gasteiger partial charge in [-0.1, -0.05) is 35.5 Å². The maximum absolute atomic E-state index is 13.0. The van der Waals surface area contributed by atoms with Gasteiger partial charge in [-0.05, 0) is 36.4 Å². The van der Waals surface area contributed by atoms with Crippen LogP contribution < -0.4 is 5.32 Å². The third-order valence-corrected chi connectivity index (χ3v) is 4.77. The molecule has 0 aliphatic heterocycles. The summed E-state index contributed by atoms with van der Waals surface area (Å²) in [6.07, 6.45) is -1.24. The van der Waals surface area contributed by atoms with E-state index in [1.165, 1.54) is 18.2 Å². The maximum atomic E-state index is 13.0. The van der Waals surface area contributed by atoms with Crippen molar-refractivity contribution in [3.8, 4) is 5.69 Å². The molecule has 27 heavy (non-hydrogen) atoms. The lowest BCUT2D eigenvalue weighted by atomic mass is 10.1. The standard InChI is InChI=1S/C18H13ClF3N3OS/c19-12-5-7-13(8-6-12)25-10-9-23-17(25)27-11-16(26)24-15-4-2-1-3-14(15)18(20,21)22/h1-10H,11H2,(H,24,26). The first kappa shape index (κ1) is 19.3. The monoisotopic (exact) mass is 411 g/mol. The topological polar surface area (TPSA) is 46.9 Å². The van der Waals surface area contributed by atoms with Crippen molar-refractivity contribution in [3.63, 3.8) is 0 Å². The first-order valence-corrected chi connectivity index (χ1v) is 9.09. The van der Waals surface area contributed by atoms with Gasteiger partial charge in [-0.3, -0.25) is 9.36 Å². The van der Waals surface area contributed by atoms with Crippen LogP contribution in [0.3, 0.4) is 0 Å². The molecule has 1 aromatic heterocycles. The minimum Gasteiger partial charge on any atom is -0.325 e. The molecule has 0 unspecified atom stereocenters. The lowest BCUT2D eigenvalue weighted by Gasteiger charge is -2.13. The molecule has 0 bridgehead atoms. The van der Waals surface area contributed by atoms with Crippen molar-refractivity contribution < 1.29 is 18.0 Å². The first-order chi connectivity index (χ1) is 12.8. The normalized spacial score (nSPS) is 11.4. The van der Waals surface area contributed by atoms with E-state index in [-0.39, 0.29) is 11.4 Å². The van der Waals surface area contributed by atoms with Crippen LogP contribution in [-0.2, 0) is 11.0 Å². The van der Waals surface area contributed by atoms with Gasteiger partial charge < -0.3 is 5.32 Å². The van der Waals surface area contributed by atoms with E-state index in [9.17, 15) is 18.0 Å². The molecule has 0 fully saturated rings. The fourth-order valence-corrected chi connectivity index (χ4v) is 3.25. The Morgan fingerprint density at radius 2 is 1.85 bits per heavy atom. The molecule has 0 aliphatic carbocycles. The van der Waals surface area contributed by atoms with E-state index in [1.807, 2.05) is 0 Å². The van der Waals surface area contributed by atoms with E-state index in [4.69, 9.17) is 11.6 Å². The van der Waals surface area contributed by atoms with Crippen LogP contribution in [0, 0.1) is 0 Å². The van der Waals surface area contributed by atoms with E-state index in [0.717, 1.165) is 23.5 Å². The van der Waals surface area contributed by atoms with Gasteiger partial charge in [0.15, 0.2) is 5.16 Å². The minimum atomic E-state index is -4.54. The molecule has 1 heterocycles. The molecule has 2 aromatic carbocycles. The summed E-state index contributed by atoms with van der Waals surface area (Å²) in [5.74, 6) is -0.640. The van der Waals surface area contributed by atoms with Crippen LogP contribution in [0.2, 0.25) is 5.02 Å². The summed E-state index contributed by atoms with van der Waals surface area (Å²) in [6.45, 7) is 0. The van der Waals surface area contributed by atoms with Crippen LogP contribution >= 0.6 is 23.4 Å². The number of hydrogen-bond acceptors (Lipinski definition) is 3. The zero-order valence-corrected chi connectivity index (χ0v) is 15.3. The third-order valence-electron chi connectivity index (χ3n) is 3.55. The molecule has 0 saturated carbocycles. The zero-order chi connectivity index (χ0) is 19.4. The fourth-order valence-electron chi connectivity index (χ4n) is 2.35. The van der Waals surface area contributed by atoms with Crippen molar-refractivity contribution in [2.75, 3.05) is 11.1 Å². The van der Waals surface area contributed by atoms with Crippen LogP contribution in [-0.4, -0.2) is 21.2 Å². The molecule has 0 radical (unpaired) electrons.